The van der Waals surface area contributed by atoms with E-state index in [1.165, 1.54) is 25.1 Å². The molecular weight excluding hydrogens is 266 g/mol. The van der Waals surface area contributed by atoms with Crippen molar-refractivity contribution in [3.8, 4) is 0 Å². The van der Waals surface area contributed by atoms with Crippen molar-refractivity contribution in [2.24, 2.45) is 5.92 Å². The van der Waals surface area contributed by atoms with E-state index in [4.69, 9.17) is 4.74 Å². The van der Waals surface area contributed by atoms with Crippen molar-refractivity contribution in [2.45, 2.75) is 6.92 Å². The molecule has 20 heavy (non-hydrogen) atoms. The second-order valence-corrected chi connectivity index (χ2v) is 4.18. The monoisotopic (exact) mass is 275 g/mol. The van der Waals surface area contributed by atoms with Crippen LogP contribution in [0.3, 0.4) is 0 Å². The Kier molecular flexibility index (Phi) is 3.43. The van der Waals surface area contributed by atoms with Gasteiger partial charge in [-0.3, -0.25) is 24.5 Å². The van der Waals surface area contributed by atoms with Crippen LogP contribution in [0.5, 0.6) is 0 Å². The van der Waals surface area contributed by atoms with Gasteiger partial charge in [0, 0.05) is 23.8 Å². The molecule has 7 nitrogen and oxygen atoms in total. The number of ether oxygens (including phenoxy) is 1. The number of hydrogen-bond acceptors (Lipinski definition) is 6. The zero-order valence-electron chi connectivity index (χ0n) is 10.4. The molecule has 0 amide bonds. The summed E-state index contributed by atoms with van der Waals surface area (Å²) in [5.41, 5.74) is -0.373. The third-order valence-electron chi connectivity index (χ3n) is 2.73. The van der Waals surface area contributed by atoms with Crippen LogP contribution < -0.4 is 0 Å². The van der Waals surface area contributed by atoms with Crippen LogP contribution in [0.2, 0.25) is 0 Å². The Morgan fingerprint density at radius 2 is 2.05 bits per heavy atom. The summed E-state index contributed by atoms with van der Waals surface area (Å²) in [5.74, 6) is -3.95. The number of esters is 1. The Hall–Kier alpha value is -2.83. The van der Waals surface area contributed by atoms with E-state index >= 15 is 0 Å². The molecule has 0 saturated carbocycles. The number of cyclic esters (lactones) is 1. The second kappa shape index (κ2) is 5.04. The Labute approximate surface area is 113 Å². The summed E-state index contributed by atoms with van der Waals surface area (Å²) in [5, 5.41) is 10.6. The van der Waals surface area contributed by atoms with Gasteiger partial charge in [-0.05, 0) is 6.92 Å². The van der Waals surface area contributed by atoms with Crippen LogP contribution in [-0.2, 0) is 14.3 Å². The van der Waals surface area contributed by atoms with Crippen LogP contribution in [0.15, 0.2) is 36.1 Å². The average molecular weight is 275 g/mol. The number of allylic oxidation sites excluding steroid dienone is 2. The van der Waals surface area contributed by atoms with Gasteiger partial charge in [-0.15, -0.1) is 0 Å². The first-order valence-electron chi connectivity index (χ1n) is 5.62. The van der Waals surface area contributed by atoms with Crippen LogP contribution in [0, 0.1) is 16.0 Å². The van der Waals surface area contributed by atoms with Gasteiger partial charge in [0.15, 0.2) is 17.5 Å². The highest BCUT2D eigenvalue weighted by atomic mass is 16.6. The lowest BCUT2D eigenvalue weighted by Crippen LogP contribution is -2.35. The number of hydrogen-bond donors (Lipinski definition) is 0. The molecule has 0 radical (unpaired) electrons. The maximum Gasteiger partial charge on any atom is 0.329 e. The van der Waals surface area contributed by atoms with E-state index in [0.717, 1.165) is 12.1 Å². The van der Waals surface area contributed by atoms with E-state index < -0.39 is 28.4 Å². The molecule has 1 unspecified atom stereocenters. The van der Waals surface area contributed by atoms with Crippen LogP contribution in [0.25, 0.3) is 0 Å². The Morgan fingerprint density at radius 3 is 2.65 bits per heavy atom. The quantitative estimate of drug-likeness (QED) is 0.272. The van der Waals surface area contributed by atoms with Crippen molar-refractivity contribution in [2.75, 3.05) is 0 Å². The third kappa shape index (κ3) is 2.46. The predicted octanol–water partition coefficient (Wildman–Crippen LogP) is 1.42. The van der Waals surface area contributed by atoms with E-state index in [1.54, 1.807) is 0 Å². The number of rotatable bonds is 3. The molecule has 102 valence electrons. The van der Waals surface area contributed by atoms with Crippen LogP contribution in [-0.4, -0.2) is 22.5 Å². The maximum atomic E-state index is 12.1. The molecule has 0 fully saturated rings. The SMILES string of the molecule is CC1=CC(=O)C(C(=O)c2cccc([N+](=O)[O-])c2)C(=O)O1. The molecule has 1 aromatic carbocycles. The maximum absolute atomic E-state index is 12.1. The van der Waals surface area contributed by atoms with E-state index in [0.29, 0.717) is 0 Å². The third-order valence-corrected chi connectivity index (χ3v) is 2.73. The van der Waals surface area contributed by atoms with Crippen molar-refractivity contribution in [1.29, 1.82) is 0 Å². The molecule has 1 aliphatic rings. The molecule has 1 aromatic rings. The molecular formula is C13H9NO6. The first-order valence-corrected chi connectivity index (χ1v) is 5.62. The summed E-state index contributed by atoms with van der Waals surface area (Å²) in [6, 6.07) is 4.85. The zero-order chi connectivity index (χ0) is 14.9. The van der Waals surface area contributed by atoms with E-state index in [2.05, 4.69) is 0 Å². The number of benzene rings is 1. The topological polar surface area (TPSA) is 104 Å². The summed E-state index contributed by atoms with van der Waals surface area (Å²) in [6.45, 7) is 1.42. The smallest absolute Gasteiger partial charge is 0.329 e. The van der Waals surface area contributed by atoms with Crippen molar-refractivity contribution >= 4 is 23.2 Å². The van der Waals surface area contributed by atoms with Gasteiger partial charge in [0.05, 0.1) is 4.92 Å². The van der Waals surface area contributed by atoms with Crippen molar-refractivity contribution in [3.05, 3.63) is 51.8 Å². The molecule has 0 aromatic heterocycles. The number of non-ortho nitro benzene ring substituents is 1. The first kappa shape index (κ1) is 13.6. The fourth-order valence-electron chi connectivity index (χ4n) is 1.82. The normalized spacial score (nSPS) is 18.2. The van der Waals surface area contributed by atoms with Crippen LogP contribution in [0.4, 0.5) is 5.69 Å². The minimum absolute atomic E-state index is 0.0811. The van der Waals surface area contributed by atoms with Crippen LogP contribution in [0.1, 0.15) is 17.3 Å². The highest BCUT2D eigenvalue weighted by molar-refractivity contribution is 6.26. The van der Waals surface area contributed by atoms with Gasteiger partial charge in [0.2, 0.25) is 0 Å². The van der Waals surface area contributed by atoms with Gasteiger partial charge in [-0.2, -0.15) is 0 Å². The number of nitro benzene ring substituents is 1. The highest BCUT2D eigenvalue weighted by Gasteiger charge is 2.38. The summed E-state index contributed by atoms with van der Waals surface area (Å²) < 4.78 is 4.74. The van der Waals surface area contributed by atoms with E-state index in [9.17, 15) is 24.5 Å². The minimum Gasteiger partial charge on any atom is -0.430 e. The lowest BCUT2D eigenvalue weighted by atomic mass is 9.92. The molecule has 2 rings (SSSR count). The first-order chi connectivity index (χ1) is 9.40. The highest BCUT2D eigenvalue weighted by Crippen LogP contribution is 2.21. The Morgan fingerprint density at radius 1 is 1.35 bits per heavy atom. The summed E-state index contributed by atoms with van der Waals surface area (Å²) >= 11 is 0. The standard InChI is InChI=1S/C13H9NO6/c1-7-5-10(15)11(13(17)20-7)12(16)8-3-2-4-9(6-8)14(18)19/h2-6,11H,1H3. The summed E-state index contributed by atoms with van der Waals surface area (Å²) in [4.78, 5) is 45.4. The fourth-order valence-corrected chi connectivity index (χ4v) is 1.82. The molecule has 1 atom stereocenters. The van der Waals surface area contributed by atoms with Crippen molar-refractivity contribution < 1.29 is 24.0 Å². The Balaban J connectivity index is 2.37. The fraction of sp³-hybridized carbons (Fsp3) is 0.154. The molecule has 7 heteroatoms. The van der Waals surface area contributed by atoms with Gasteiger partial charge >= 0.3 is 5.97 Å². The van der Waals surface area contributed by atoms with Crippen LogP contribution >= 0.6 is 0 Å². The largest absolute Gasteiger partial charge is 0.430 e. The number of nitrogens with zero attached hydrogens (tertiary/aromatic N) is 1. The lowest BCUT2D eigenvalue weighted by molar-refractivity contribution is -0.384. The number of carbonyl (C=O) groups is 3. The van der Waals surface area contributed by atoms with Gasteiger partial charge < -0.3 is 4.74 Å². The lowest BCUT2D eigenvalue weighted by Gasteiger charge is -2.17. The number of carbonyl (C=O) groups excluding carboxylic acids is 3. The zero-order valence-corrected chi connectivity index (χ0v) is 10.4. The Bertz CT molecular complexity index is 661. The van der Waals surface area contributed by atoms with Crippen molar-refractivity contribution in [1.82, 2.24) is 0 Å². The summed E-state index contributed by atoms with van der Waals surface area (Å²) in [7, 11) is 0. The molecule has 1 heterocycles. The predicted molar refractivity (Wildman–Crippen MR) is 65.8 cm³/mol. The molecule has 0 N–H and O–H groups in total. The van der Waals surface area contributed by atoms with Gasteiger partial charge in [-0.1, -0.05) is 12.1 Å². The second-order valence-electron chi connectivity index (χ2n) is 4.18. The summed E-state index contributed by atoms with van der Waals surface area (Å²) in [6.07, 6.45) is 1.06. The number of nitro groups is 1. The van der Waals surface area contributed by atoms with Gasteiger partial charge in [-0.25, -0.2) is 0 Å². The van der Waals surface area contributed by atoms with E-state index in [1.807, 2.05) is 0 Å². The molecule has 0 spiro atoms. The van der Waals surface area contributed by atoms with Gasteiger partial charge in [0.1, 0.15) is 5.76 Å². The molecule has 0 saturated heterocycles. The minimum atomic E-state index is -1.60. The van der Waals surface area contributed by atoms with Gasteiger partial charge in [0.25, 0.3) is 5.69 Å². The molecule has 0 bridgehead atoms. The number of ketones is 2. The molecule has 0 aliphatic carbocycles. The molecule has 1 aliphatic heterocycles. The number of Topliss-reactive ketones (excluding diaryl/α,β-unsaturated/α-hetero) is 1. The average Bonchev–Trinajstić information content (AvgIpc) is 2.37. The van der Waals surface area contributed by atoms with Crippen molar-refractivity contribution in [3.63, 3.8) is 0 Å². The van der Waals surface area contributed by atoms with E-state index in [-0.39, 0.29) is 17.0 Å².